The Balaban J connectivity index is 3.12. The normalized spacial score (nSPS) is 18.6. The van der Waals surface area contributed by atoms with Crippen molar-refractivity contribution in [2.45, 2.75) is 47.0 Å². The van der Waals surface area contributed by atoms with Crippen LogP contribution in [-0.4, -0.2) is 37.7 Å². The number of allylic oxidation sites excluding steroid dienone is 2. The maximum atomic E-state index is 12.8. The molecule has 1 rings (SSSR count). The summed E-state index contributed by atoms with van der Waals surface area (Å²) >= 11 is 0. The minimum atomic E-state index is -1.52. The van der Waals surface area contributed by atoms with Gasteiger partial charge in [-0.05, 0) is 40.0 Å². The van der Waals surface area contributed by atoms with Gasteiger partial charge in [-0.25, -0.2) is 0 Å². The maximum Gasteiger partial charge on any atom is 0.325 e. The summed E-state index contributed by atoms with van der Waals surface area (Å²) in [7, 11) is 0. The summed E-state index contributed by atoms with van der Waals surface area (Å²) in [5.41, 5.74) is -1.52. The Labute approximate surface area is 155 Å². The minimum absolute atomic E-state index is 0.0162. The molecule has 6 nitrogen and oxygen atoms in total. The molecule has 1 aliphatic rings. The third kappa shape index (κ3) is 5.10. The molecule has 0 bridgehead atoms. The fourth-order valence-corrected chi connectivity index (χ4v) is 3.13. The molecule has 144 valence electrons. The van der Waals surface area contributed by atoms with Gasteiger partial charge in [-0.3, -0.25) is 14.4 Å². The highest BCUT2D eigenvalue weighted by atomic mass is 16.6. The number of carbonyl (C=O) groups excluding carboxylic acids is 3. The fourth-order valence-electron chi connectivity index (χ4n) is 3.13. The average molecular weight is 364 g/mol. The second-order valence-electron chi connectivity index (χ2n) is 6.01. The minimum Gasteiger partial charge on any atom is -0.466 e. The second kappa shape index (κ2) is 10.6. The molecule has 6 heteroatoms. The van der Waals surface area contributed by atoms with Crippen LogP contribution >= 0.6 is 0 Å². The molecule has 0 radical (unpaired) electrons. The Morgan fingerprint density at radius 2 is 1.58 bits per heavy atom. The van der Waals surface area contributed by atoms with Crippen molar-refractivity contribution in [1.29, 1.82) is 0 Å². The number of hydrogen-bond acceptors (Lipinski definition) is 6. The first-order valence-electron chi connectivity index (χ1n) is 9.04. The van der Waals surface area contributed by atoms with E-state index in [4.69, 9.17) is 14.2 Å². The quantitative estimate of drug-likeness (QED) is 0.206. The highest BCUT2D eigenvalue weighted by Gasteiger charge is 2.55. The molecule has 2 atom stereocenters. The molecule has 0 unspecified atom stereocenters. The molecule has 0 heterocycles. The van der Waals surface area contributed by atoms with Crippen molar-refractivity contribution in [1.82, 2.24) is 0 Å². The van der Waals surface area contributed by atoms with E-state index in [0.29, 0.717) is 13.0 Å². The van der Waals surface area contributed by atoms with Gasteiger partial charge in [0.15, 0.2) is 5.41 Å². The summed E-state index contributed by atoms with van der Waals surface area (Å²) in [6.07, 6.45) is 4.34. The molecule has 0 saturated heterocycles. The van der Waals surface area contributed by atoms with E-state index in [1.54, 1.807) is 33.8 Å². The zero-order chi connectivity index (χ0) is 19.6. The van der Waals surface area contributed by atoms with Crippen LogP contribution in [0.4, 0.5) is 0 Å². The zero-order valence-electron chi connectivity index (χ0n) is 16.0. The number of carbonyl (C=O) groups is 3. The molecule has 0 aliphatic heterocycles. The van der Waals surface area contributed by atoms with E-state index in [2.05, 4.69) is 11.8 Å². The summed E-state index contributed by atoms with van der Waals surface area (Å²) in [5, 5.41) is 0. The monoisotopic (exact) mass is 364 g/mol. The molecular formula is C20H28O6. The molecule has 1 aliphatic carbocycles. The van der Waals surface area contributed by atoms with Crippen molar-refractivity contribution < 1.29 is 28.6 Å². The van der Waals surface area contributed by atoms with Crippen LogP contribution in [0, 0.1) is 29.1 Å². The van der Waals surface area contributed by atoms with Gasteiger partial charge in [0.05, 0.1) is 26.2 Å². The Hall–Kier alpha value is -2.29. The number of rotatable bonds is 9. The van der Waals surface area contributed by atoms with Crippen LogP contribution in [0.3, 0.4) is 0 Å². The molecule has 0 amide bonds. The van der Waals surface area contributed by atoms with Crippen molar-refractivity contribution in [3.05, 3.63) is 12.2 Å². The molecule has 0 spiro atoms. The second-order valence-corrected chi connectivity index (χ2v) is 6.01. The van der Waals surface area contributed by atoms with Gasteiger partial charge in [0, 0.05) is 12.3 Å². The third-order valence-corrected chi connectivity index (χ3v) is 4.36. The molecule has 0 aromatic rings. The van der Waals surface area contributed by atoms with Gasteiger partial charge in [0.2, 0.25) is 0 Å². The first-order chi connectivity index (χ1) is 12.5. The van der Waals surface area contributed by atoms with Crippen LogP contribution in [0.2, 0.25) is 0 Å². The third-order valence-electron chi connectivity index (χ3n) is 4.36. The van der Waals surface area contributed by atoms with Crippen molar-refractivity contribution in [3.63, 3.8) is 0 Å². The molecule has 0 aromatic carbocycles. The van der Waals surface area contributed by atoms with E-state index in [0.717, 1.165) is 0 Å². The van der Waals surface area contributed by atoms with E-state index in [1.165, 1.54) is 0 Å². The highest BCUT2D eigenvalue weighted by molar-refractivity contribution is 6.01. The van der Waals surface area contributed by atoms with E-state index in [9.17, 15) is 14.4 Å². The van der Waals surface area contributed by atoms with Crippen molar-refractivity contribution in [2.24, 2.45) is 17.3 Å². The van der Waals surface area contributed by atoms with Gasteiger partial charge in [0.1, 0.15) is 0 Å². The Bertz CT molecular complexity index is 577. The van der Waals surface area contributed by atoms with Crippen molar-refractivity contribution >= 4 is 17.9 Å². The molecule has 0 N–H and O–H groups in total. The number of hydrogen-bond donors (Lipinski definition) is 0. The number of ether oxygens (including phenoxy) is 3. The molecule has 0 fully saturated rings. The van der Waals surface area contributed by atoms with Crippen molar-refractivity contribution in [3.8, 4) is 11.8 Å². The van der Waals surface area contributed by atoms with Gasteiger partial charge >= 0.3 is 17.9 Å². The SMILES string of the molecule is CC#CCC(C(=O)OCC)(C(=O)OCC)[C@H]1C=C[C@@H](CC(=O)OCC)C1. The van der Waals surface area contributed by atoms with Crippen molar-refractivity contribution in [2.75, 3.05) is 19.8 Å². The largest absolute Gasteiger partial charge is 0.466 e. The average Bonchev–Trinajstić information content (AvgIpc) is 3.05. The van der Waals surface area contributed by atoms with Crippen LogP contribution in [0.1, 0.15) is 47.0 Å². The van der Waals surface area contributed by atoms with E-state index in [-0.39, 0.29) is 37.9 Å². The Kier molecular flexibility index (Phi) is 8.91. The molecule has 26 heavy (non-hydrogen) atoms. The summed E-state index contributed by atoms with van der Waals surface area (Å²) in [6, 6.07) is 0. The fraction of sp³-hybridized carbons (Fsp3) is 0.650. The molecular weight excluding hydrogens is 336 g/mol. The number of esters is 3. The van der Waals surface area contributed by atoms with Gasteiger partial charge < -0.3 is 14.2 Å². The van der Waals surface area contributed by atoms with Gasteiger partial charge in [-0.1, -0.05) is 12.2 Å². The Morgan fingerprint density at radius 3 is 2.08 bits per heavy atom. The molecule has 0 saturated carbocycles. The highest BCUT2D eigenvalue weighted by Crippen LogP contribution is 2.44. The van der Waals surface area contributed by atoms with E-state index >= 15 is 0 Å². The van der Waals surface area contributed by atoms with Gasteiger partial charge in [-0.2, -0.15) is 0 Å². The summed E-state index contributed by atoms with van der Waals surface area (Å²) in [4.78, 5) is 37.3. The van der Waals surface area contributed by atoms with Gasteiger partial charge in [0.25, 0.3) is 0 Å². The summed E-state index contributed by atoms with van der Waals surface area (Å²) < 4.78 is 15.4. The lowest BCUT2D eigenvalue weighted by atomic mass is 9.71. The van der Waals surface area contributed by atoms with Crippen LogP contribution in [0.25, 0.3) is 0 Å². The Morgan fingerprint density at radius 1 is 1.00 bits per heavy atom. The van der Waals surface area contributed by atoms with Crippen LogP contribution in [0.5, 0.6) is 0 Å². The zero-order valence-corrected chi connectivity index (χ0v) is 16.0. The summed E-state index contributed by atoms with van der Waals surface area (Å²) in [6.45, 7) is 7.40. The standard InChI is InChI=1S/C20H28O6/c1-5-9-12-20(18(22)25-7-3,19(23)26-8-4)16-11-10-15(13-16)14-17(21)24-6-2/h10-11,15-16H,6-8,12-14H2,1-4H3/t15-,16+/m1/s1. The first-order valence-corrected chi connectivity index (χ1v) is 9.04. The summed E-state index contributed by atoms with van der Waals surface area (Å²) in [5.74, 6) is 3.48. The maximum absolute atomic E-state index is 12.8. The lowest BCUT2D eigenvalue weighted by Crippen LogP contribution is -2.47. The first kappa shape index (κ1) is 21.8. The van der Waals surface area contributed by atoms with E-state index in [1.807, 2.05) is 6.08 Å². The topological polar surface area (TPSA) is 78.9 Å². The predicted molar refractivity (Wildman–Crippen MR) is 95.8 cm³/mol. The van der Waals surface area contributed by atoms with E-state index < -0.39 is 23.3 Å². The predicted octanol–water partition coefficient (Wildman–Crippen LogP) is 2.66. The smallest absolute Gasteiger partial charge is 0.325 e. The molecule has 0 aromatic heterocycles. The van der Waals surface area contributed by atoms with Crippen LogP contribution in [0.15, 0.2) is 12.2 Å². The lowest BCUT2D eigenvalue weighted by molar-refractivity contribution is -0.175. The van der Waals surface area contributed by atoms with Gasteiger partial charge in [-0.15, -0.1) is 11.8 Å². The van der Waals surface area contributed by atoms with Crippen LogP contribution in [-0.2, 0) is 28.6 Å². The lowest BCUT2D eigenvalue weighted by Gasteiger charge is -2.32. The van der Waals surface area contributed by atoms with Crippen LogP contribution < -0.4 is 0 Å².